The van der Waals surface area contributed by atoms with Crippen LogP contribution >= 0.6 is 0 Å². The van der Waals surface area contributed by atoms with Crippen molar-refractivity contribution in [2.24, 2.45) is 5.92 Å². The van der Waals surface area contributed by atoms with Crippen LogP contribution in [0.2, 0.25) is 0 Å². The molecule has 2 heterocycles. The number of anilines is 2. The SMILES string of the molecule is CCNc1cc(NCC2CCOC2)nc(C(F)(F)F)n1. The molecule has 0 radical (unpaired) electrons. The molecule has 1 saturated heterocycles. The molecule has 1 aliphatic heterocycles. The second-order valence-corrected chi connectivity index (χ2v) is 4.60. The molecule has 1 aliphatic rings. The number of rotatable bonds is 5. The van der Waals surface area contributed by atoms with Gasteiger partial charge in [0.05, 0.1) is 6.61 Å². The Morgan fingerprint density at radius 3 is 2.55 bits per heavy atom. The molecule has 8 heteroatoms. The van der Waals surface area contributed by atoms with E-state index in [9.17, 15) is 13.2 Å². The molecule has 0 aromatic carbocycles. The highest BCUT2D eigenvalue weighted by atomic mass is 19.4. The highest BCUT2D eigenvalue weighted by Crippen LogP contribution is 2.28. The summed E-state index contributed by atoms with van der Waals surface area (Å²) in [5.74, 6) is -0.488. The summed E-state index contributed by atoms with van der Waals surface area (Å²) in [4.78, 5) is 6.98. The summed E-state index contributed by atoms with van der Waals surface area (Å²) < 4.78 is 43.4. The van der Waals surface area contributed by atoms with Crippen LogP contribution in [0.4, 0.5) is 24.8 Å². The first-order valence-corrected chi connectivity index (χ1v) is 6.51. The summed E-state index contributed by atoms with van der Waals surface area (Å²) in [6.07, 6.45) is -3.65. The van der Waals surface area contributed by atoms with E-state index < -0.39 is 12.0 Å². The minimum atomic E-state index is -4.56. The first kappa shape index (κ1) is 14.8. The fourth-order valence-corrected chi connectivity index (χ4v) is 1.93. The van der Waals surface area contributed by atoms with Crippen LogP contribution in [0.1, 0.15) is 19.2 Å². The topological polar surface area (TPSA) is 59.1 Å². The van der Waals surface area contributed by atoms with Gasteiger partial charge in [0.15, 0.2) is 0 Å². The van der Waals surface area contributed by atoms with Crippen LogP contribution in [0.3, 0.4) is 0 Å². The average molecular weight is 290 g/mol. The van der Waals surface area contributed by atoms with E-state index in [-0.39, 0.29) is 11.6 Å². The van der Waals surface area contributed by atoms with Gasteiger partial charge in [0.2, 0.25) is 5.82 Å². The van der Waals surface area contributed by atoms with Gasteiger partial charge in [0.1, 0.15) is 11.6 Å². The Bertz CT molecular complexity index is 447. The van der Waals surface area contributed by atoms with Gasteiger partial charge in [0, 0.05) is 31.7 Å². The van der Waals surface area contributed by atoms with Gasteiger partial charge in [-0.05, 0) is 13.3 Å². The van der Waals surface area contributed by atoms with Gasteiger partial charge < -0.3 is 15.4 Å². The third-order valence-corrected chi connectivity index (χ3v) is 2.93. The summed E-state index contributed by atoms with van der Waals surface area (Å²) in [7, 11) is 0. The van der Waals surface area contributed by atoms with Gasteiger partial charge in [-0.1, -0.05) is 0 Å². The van der Waals surface area contributed by atoms with E-state index in [1.165, 1.54) is 6.07 Å². The minimum absolute atomic E-state index is 0.167. The lowest BCUT2D eigenvalue weighted by molar-refractivity contribution is -0.144. The van der Waals surface area contributed by atoms with Gasteiger partial charge in [-0.15, -0.1) is 0 Å². The maximum atomic E-state index is 12.7. The molecule has 1 atom stereocenters. The van der Waals surface area contributed by atoms with E-state index in [2.05, 4.69) is 20.6 Å². The van der Waals surface area contributed by atoms with Gasteiger partial charge in [-0.25, -0.2) is 9.97 Å². The number of halogens is 3. The molecule has 0 saturated carbocycles. The van der Waals surface area contributed by atoms with Crippen LogP contribution in [-0.4, -0.2) is 36.3 Å². The van der Waals surface area contributed by atoms with Crippen LogP contribution in [0.5, 0.6) is 0 Å². The quantitative estimate of drug-likeness (QED) is 0.872. The zero-order chi connectivity index (χ0) is 14.6. The first-order chi connectivity index (χ1) is 9.49. The Balaban J connectivity index is 2.11. The molecule has 20 heavy (non-hydrogen) atoms. The van der Waals surface area contributed by atoms with Crippen LogP contribution in [0.25, 0.3) is 0 Å². The zero-order valence-corrected chi connectivity index (χ0v) is 11.1. The molecule has 2 rings (SSSR count). The molecule has 1 unspecified atom stereocenters. The van der Waals surface area contributed by atoms with Gasteiger partial charge in [0.25, 0.3) is 0 Å². The fraction of sp³-hybridized carbons (Fsp3) is 0.667. The number of ether oxygens (including phenoxy) is 1. The third kappa shape index (κ3) is 3.96. The van der Waals surface area contributed by atoms with Crippen LogP contribution in [-0.2, 0) is 10.9 Å². The molecule has 0 aliphatic carbocycles. The van der Waals surface area contributed by atoms with Crippen molar-refractivity contribution in [1.29, 1.82) is 0 Å². The summed E-state index contributed by atoms with van der Waals surface area (Å²) in [5, 5.41) is 5.70. The Morgan fingerprint density at radius 1 is 1.30 bits per heavy atom. The van der Waals surface area contributed by atoms with Crippen LogP contribution in [0.15, 0.2) is 6.07 Å². The van der Waals surface area contributed by atoms with Gasteiger partial charge in [-0.2, -0.15) is 13.2 Å². The fourth-order valence-electron chi connectivity index (χ4n) is 1.93. The summed E-state index contributed by atoms with van der Waals surface area (Å²) in [6, 6.07) is 1.48. The van der Waals surface area contributed by atoms with Gasteiger partial charge >= 0.3 is 6.18 Å². The van der Waals surface area contributed by atoms with Crippen LogP contribution < -0.4 is 10.6 Å². The summed E-state index contributed by atoms with van der Waals surface area (Å²) in [6.45, 7) is 4.15. The number of alkyl halides is 3. The molecule has 1 aromatic rings. The Kier molecular flexibility index (Phi) is 4.64. The molecule has 1 fully saturated rings. The van der Waals surface area contributed by atoms with Crippen molar-refractivity contribution in [1.82, 2.24) is 9.97 Å². The van der Waals surface area contributed by atoms with E-state index >= 15 is 0 Å². The lowest BCUT2D eigenvalue weighted by Crippen LogP contribution is -2.18. The van der Waals surface area contributed by atoms with Crippen LogP contribution in [0, 0.1) is 5.92 Å². The van der Waals surface area contributed by atoms with Crippen molar-refractivity contribution in [2.75, 3.05) is 36.9 Å². The molecule has 0 spiro atoms. The molecular weight excluding hydrogens is 273 g/mol. The number of nitrogens with zero attached hydrogens (tertiary/aromatic N) is 2. The van der Waals surface area contributed by atoms with Gasteiger partial charge in [-0.3, -0.25) is 0 Å². The summed E-state index contributed by atoms with van der Waals surface area (Å²) in [5.41, 5.74) is 0. The molecule has 1 aromatic heterocycles. The second-order valence-electron chi connectivity index (χ2n) is 4.60. The first-order valence-electron chi connectivity index (χ1n) is 6.51. The smallest absolute Gasteiger partial charge is 0.381 e. The number of hydrogen-bond donors (Lipinski definition) is 2. The minimum Gasteiger partial charge on any atom is -0.381 e. The van der Waals surface area contributed by atoms with Crippen molar-refractivity contribution in [2.45, 2.75) is 19.5 Å². The van der Waals surface area contributed by atoms with Crippen molar-refractivity contribution in [3.63, 3.8) is 0 Å². The van der Waals surface area contributed by atoms with Crippen molar-refractivity contribution in [3.8, 4) is 0 Å². The number of hydrogen-bond acceptors (Lipinski definition) is 5. The van der Waals surface area contributed by atoms with E-state index in [1.807, 2.05) is 0 Å². The predicted molar refractivity (Wildman–Crippen MR) is 68.6 cm³/mol. The highest BCUT2D eigenvalue weighted by Gasteiger charge is 2.35. The number of aromatic nitrogens is 2. The second kappa shape index (κ2) is 6.25. The Morgan fingerprint density at radius 2 is 2.00 bits per heavy atom. The summed E-state index contributed by atoms with van der Waals surface area (Å²) >= 11 is 0. The average Bonchev–Trinajstić information content (AvgIpc) is 2.88. The van der Waals surface area contributed by atoms with Crippen molar-refractivity contribution < 1.29 is 17.9 Å². The molecule has 0 bridgehead atoms. The third-order valence-electron chi connectivity index (χ3n) is 2.93. The maximum absolute atomic E-state index is 12.7. The van der Waals surface area contributed by atoms with E-state index in [0.29, 0.717) is 32.2 Å². The Labute approximate surface area is 114 Å². The molecular formula is C12H17F3N4O. The monoisotopic (exact) mass is 290 g/mol. The highest BCUT2D eigenvalue weighted by molar-refractivity contribution is 5.47. The maximum Gasteiger partial charge on any atom is 0.451 e. The molecule has 2 N–H and O–H groups in total. The molecule has 0 amide bonds. The zero-order valence-electron chi connectivity index (χ0n) is 11.1. The molecule has 112 valence electrons. The van der Waals surface area contributed by atoms with E-state index in [4.69, 9.17) is 4.74 Å². The number of nitrogens with one attached hydrogen (secondary N) is 2. The standard InChI is InChI=1S/C12H17F3N4O/c1-2-16-9-5-10(17-6-8-3-4-20-7-8)19-11(18-9)12(13,14)15/h5,8H,2-4,6-7H2,1H3,(H2,16,17,18,19). The predicted octanol–water partition coefficient (Wildman–Crippen LogP) is 2.38. The lowest BCUT2D eigenvalue weighted by Gasteiger charge is -2.13. The van der Waals surface area contributed by atoms with E-state index in [1.54, 1.807) is 6.92 Å². The largest absolute Gasteiger partial charge is 0.451 e. The molecule has 5 nitrogen and oxygen atoms in total. The normalized spacial score (nSPS) is 19.1. The lowest BCUT2D eigenvalue weighted by atomic mass is 10.1. The van der Waals surface area contributed by atoms with E-state index in [0.717, 1.165) is 6.42 Å². The van der Waals surface area contributed by atoms with Crippen molar-refractivity contribution in [3.05, 3.63) is 11.9 Å². The Hall–Kier alpha value is -1.57. The van der Waals surface area contributed by atoms with Crippen molar-refractivity contribution >= 4 is 11.6 Å².